The van der Waals surface area contributed by atoms with E-state index in [4.69, 9.17) is 10.8 Å². The molecule has 0 atom stereocenters. The van der Waals surface area contributed by atoms with E-state index in [2.05, 4.69) is 4.90 Å². The van der Waals surface area contributed by atoms with Gasteiger partial charge in [0.15, 0.2) is 0 Å². The van der Waals surface area contributed by atoms with E-state index in [-0.39, 0.29) is 12.4 Å². The third-order valence-electron chi connectivity index (χ3n) is 3.21. The summed E-state index contributed by atoms with van der Waals surface area (Å²) >= 11 is 0. The number of aliphatic hydroxyl groups is 1. The summed E-state index contributed by atoms with van der Waals surface area (Å²) in [6, 6.07) is 5.29. The Balaban J connectivity index is 2.11. The van der Waals surface area contributed by atoms with Crippen LogP contribution >= 0.6 is 0 Å². The molecule has 1 saturated carbocycles. The molecule has 0 radical (unpaired) electrons. The van der Waals surface area contributed by atoms with Gasteiger partial charge < -0.3 is 10.8 Å². The molecule has 3 N–H and O–H groups in total. The van der Waals surface area contributed by atoms with Crippen molar-refractivity contribution in [3.8, 4) is 0 Å². The Hall–Kier alpha value is -0.970. The number of nitrogens with two attached hydrogens (primary N) is 1. The molecule has 0 unspecified atom stereocenters. The summed E-state index contributed by atoms with van der Waals surface area (Å²) < 4.78 is 13.2. The smallest absolute Gasteiger partial charge is 0.123 e. The molecule has 0 spiro atoms. The molecule has 3 nitrogen and oxygen atoms in total. The summed E-state index contributed by atoms with van der Waals surface area (Å²) in [4.78, 5) is 2.20. The number of hydrogen-bond acceptors (Lipinski definition) is 3. The van der Waals surface area contributed by atoms with Crippen LogP contribution in [0.3, 0.4) is 0 Å². The lowest BCUT2D eigenvalue weighted by Gasteiger charge is -2.22. The van der Waals surface area contributed by atoms with Crippen molar-refractivity contribution in [2.24, 2.45) is 5.73 Å². The fourth-order valence-corrected chi connectivity index (χ4v) is 2.12. The quantitative estimate of drug-likeness (QED) is 0.784. The Labute approximate surface area is 101 Å². The van der Waals surface area contributed by atoms with Crippen molar-refractivity contribution >= 4 is 0 Å². The zero-order chi connectivity index (χ0) is 12.3. The minimum Gasteiger partial charge on any atom is -0.395 e. The fraction of sp³-hybridized carbons (Fsp3) is 0.538. The normalized spacial score (nSPS) is 15.5. The van der Waals surface area contributed by atoms with Crippen LogP contribution in [-0.2, 0) is 13.1 Å². The van der Waals surface area contributed by atoms with Crippen molar-refractivity contribution in [3.05, 3.63) is 35.1 Å². The van der Waals surface area contributed by atoms with E-state index in [1.54, 1.807) is 12.1 Å². The van der Waals surface area contributed by atoms with Gasteiger partial charge in [-0.3, -0.25) is 4.90 Å². The van der Waals surface area contributed by atoms with Gasteiger partial charge in [-0.05, 0) is 36.1 Å². The summed E-state index contributed by atoms with van der Waals surface area (Å²) in [5.41, 5.74) is 7.57. The van der Waals surface area contributed by atoms with Crippen LogP contribution < -0.4 is 5.73 Å². The van der Waals surface area contributed by atoms with E-state index in [1.165, 1.54) is 18.9 Å². The van der Waals surface area contributed by atoms with Gasteiger partial charge in [-0.25, -0.2) is 4.39 Å². The van der Waals surface area contributed by atoms with Gasteiger partial charge in [-0.2, -0.15) is 0 Å². The highest BCUT2D eigenvalue weighted by Crippen LogP contribution is 2.28. The van der Waals surface area contributed by atoms with Crippen molar-refractivity contribution in [3.63, 3.8) is 0 Å². The van der Waals surface area contributed by atoms with Gasteiger partial charge in [0.2, 0.25) is 0 Å². The van der Waals surface area contributed by atoms with E-state index >= 15 is 0 Å². The lowest BCUT2D eigenvalue weighted by atomic mass is 10.1. The molecular weight excluding hydrogens is 219 g/mol. The predicted molar refractivity (Wildman–Crippen MR) is 64.8 cm³/mol. The molecule has 17 heavy (non-hydrogen) atoms. The van der Waals surface area contributed by atoms with Crippen LogP contribution in [0.25, 0.3) is 0 Å². The minimum absolute atomic E-state index is 0.143. The molecule has 1 aromatic carbocycles. The SMILES string of the molecule is NCc1ccc(F)cc1CN(CCO)C1CC1. The second kappa shape index (κ2) is 5.58. The lowest BCUT2D eigenvalue weighted by molar-refractivity contribution is 0.183. The summed E-state index contributed by atoms with van der Waals surface area (Å²) in [7, 11) is 0. The molecule has 1 aliphatic rings. The molecule has 0 bridgehead atoms. The average molecular weight is 238 g/mol. The largest absolute Gasteiger partial charge is 0.395 e. The van der Waals surface area contributed by atoms with Crippen molar-refractivity contribution in [1.82, 2.24) is 4.90 Å². The first-order valence-electron chi connectivity index (χ1n) is 6.07. The maximum absolute atomic E-state index is 13.2. The van der Waals surface area contributed by atoms with E-state index < -0.39 is 0 Å². The van der Waals surface area contributed by atoms with Crippen LogP contribution in [0.15, 0.2) is 18.2 Å². The summed E-state index contributed by atoms with van der Waals surface area (Å²) in [6.07, 6.45) is 2.35. The number of nitrogens with zero attached hydrogens (tertiary/aromatic N) is 1. The van der Waals surface area contributed by atoms with Crippen LogP contribution in [0.1, 0.15) is 24.0 Å². The van der Waals surface area contributed by atoms with Crippen molar-refractivity contribution in [1.29, 1.82) is 0 Å². The third-order valence-corrected chi connectivity index (χ3v) is 3.21. The van der Waals surface area contributed by atoms with E-state index in [0.29, 0.717) is 25.7 Å². The molecule has 0 amide bonds. The monoisotopic (exact) mass is 238 g/mol. The van der Waals surface area contributed by atoms with Gasteiger partial charge >= 0.3 is 0 Å². The zero-order valence-electron chi connectivity index (χ0n) is 9.90. The molecule has 94 valence electrons. The standard InChI is InChI=1S/C13H19FN2O/c14-12-2-1-10(8-15)11(7-12)9-16(5-6-17)13-3-4-13/h1-2,7,13,17H,3-6,8-9,15H2. The van der Waals surface area contributed by atoms with Gasteiger partial charge in [-0.1, -0.05) is 6.07 Å². The average Bonchev–Trinajstić information content (AvgIpc) is 3.13. The molecule has 2 rings (SSSR count). The number of benzene rings is 1. The molecule has 1 aromatic rings. The maximum atomic E-state index is 13.2. The topological polar surface area (TPSA) is 49.5 Å². The van der Waals surface area contributed by atoms with Gasteiger partial charge in [0.25, 0.3) is 0 Å². The predicted octanol–water partition coefficient (Wildman–Crippen LogP) is 1.24. The second-order valence-electron chi connectivity index (χ2n) is 4.54. The lowest BCUT2D eigenvalue weighted by Crippen LogP contribution is -2.29. The summed E-state index contributed by atoms with van der Waals surface area (Å²) in [5.74, 6) is -0.225. The van der Waals surface area contributed by atoms with Crippen molar-refractivity contribution < 1.29 is 9.50 Å². The van der Waals surface area contributed by atoms with Crippen LogP contribution in [-0.4, -0.2) is 29.2 Å². The van der Waals surface area contributed by atoms with Crippen LogP contribution in [0.2, 0.25) is 0 Å². The Morgan fingerprint density at radius 3 is 2.71 bits per heavy atom. The first kappa shape index (κ1) is 12.5. The summed E-state index contributed by atoms with van der Waals surface area (Å²) in [6.45, 7) is 1.89. The second-order valence-corrected chi connectivity index (χ2v) is 4.54. The first-order valence-corrected chi connectivity index (χ1v) is 6.07. The van der Waals surface area contributed by atoms with Gasteiger partial charge in [0.05, 0.1) is 6.61 Å². The maximum Gasteiger partial charge on any atom is 0.123 e. The fourth-order valence-electron chi connectivity index (χ4n) is 2.12. The zero-order valence-corrected chi connectivity index (χ0v) is 9.90. The first-order chi connectivity index (χ1) is 8.24. The number of hydrogen-bond donors (Lipinski definition) is 2. The summed E-state index contributed by atoms with van der Waals surface area (Å²) in [5, 5.41) is 9.03. The highest BCUT2D eigenvalue weighted by Gasteiger charge is 2.28. The van der Waals surface area contributed by atoms with Gasteiger partial charge in [0, 0.05) is 25.7 Å². The molecule has 0 aliphatic heterocycles. The molecule has 1 aliphatic carbocycles. The van der Waals surface area contributed by atoms with Crippen LogP contribution in [0.4, 0.5) is 4.39 Å². The third kappa shape index (κ3) is 3.25. The highest BCUT2D eigenvalue weighted by molar-refractivity contribution is 5.28. The van der Waals surface area contributed by atoms with Crippen molar-refractivity contribution in [2.75, 3.05) is 13.2 Å². The minimum atomic E-state index is -0.225. The van der Waals surface area contributed by atoms with Gasteiger partial charge in [-0.15, -0.1) is 0 Å². The number of halogens is 1. The molecule has 0 aromatic heterocycles. The van der Waals surface area contributed by atoms with Gasteiger partial charge in [0.1, 0.15) is 5.82 Å². The van der Waals surface area contributed by atoms with E-state index in [0.717, 1.165) is 11.1 Å². The van der Waals surface area contributed by atoms with Crippen LogP contribution in [0, 0.1) is 5.82 Å². The number of rotatable bonds is 6. The highest BCUT2D eigenvalue weighted by atomic mass is 19.1. The Kier molecular flexibility index (Phi) is 4.10. The Morgan fingerprint density at radius 2 is 2.12 bits per heavy atom. The van der Waals surface area contributed by atoms with Crippen molar-refractivity contribution in [2.45, 2.75) is 32.0 Å². The Bertz CT molecular complexity index is 380. The molecule has 1 fully saturated rings. The molecule has 0 heterocycles. The molecule has 0 saturated heterocycles. The molecular formula is C13H19FN2O. The Morgan fingerprint density at radius 1 is 1.35 bits per heavy atom. The van der Waals surface area contributed by atoms with E-state index in [9.17, 15) is 4.39 Å². The molecule has 4 heteroatoms. The van der Waals surface area contributed by atoms with E-state index in [1.807, 2.05) is 0 Å². The van der Waals surface area contributed by atoms with Crippen LogP contribution in [0.5, 0.6) is 0 Å². The number of aliphatic hydroxyl groups excluding tert-OH is 1.